The van der Waals surface area contributed by atoms with Crippen LogP contribution in [0.5, 0.6) is 0 Å². The van der Waals surface area contributed by atoms with Gasteiger partial charge in [-0.1, -0.05) is 36.4 Å². The van der Waals surface area contributed by atoms with Crippen LogP contribution >= 0.6 is 0 Å². The van der Waals surface area contributed by atoms with Gasteiger partial charge in [0.25, 0.3) is 0 Å². The Morgan fingerprint density at radius 1 is 1.15 bits per heavy atom. The summed E-state index contributed by atoms with van der Waals surface area (Å²) in [4.78, 5) is 15.2. The van der Waals surface area contributed by atoms with Crippen LogP contribution in [0, 0.1) is 0 Å². The molecule has 7 nitrogen and oxygen atoms in total. The van der Waals surface area contributed by atoms with E-state index in [4.69, 9.17) is 5.11 Å². The second-order valence-electron chi connectivity index (χ2n) is 7.63. The Balaban J connectivity index is 1.83. The van der Waals surface area contributed by atoms with E-state index in [2.05, 4.69) is 9.72 Å². The fourth-order valence-electron chi connectivity index (χ4n) is 3.86. The Morgan fingerprint density at radius 2 is 1.91 bits per heavy atom. The number of carbonyl (C=O) groups is 1. The third kappa shape index (κ3) is 4.90. The second-order valence-corrected chi connectivity index (χ2v) is 9.59. The number of halogens is 3. The maximum atomic E-state index is 13.5. The molecule has 0 bridgehead atoms. The van der Waals surface area contributed by atoms with E-state index in [9.17, 15) is 26.4 Å². The fraction of sp³-hybridized carbons (Fsp3) is 0.217. The zero-order chi connectivity index (χ0) is 24.5. The van der Waals surface area contributed by atoms with E-state index in [-0.39, 0.29) is 18.4 Å². The molecule has 178 valence electrons. The number of fused-ring (bicyclic) bond motifs is 1. The van der Waals surface area contributed by atoms with Gasteiger partial charge >= 0.3 is 12.3 Å². The number of ether oxygens (including phenoxy) is 1. The number of carboxylic acid groups (broad SMARTS) is 1. The predicted octanol–water partition coefficient (Wildman–Crippen LogP) is 4.30. The number of nitrogens with zero attached hydrogens (tertiary/aromatic N) is 2. The number of aliphatic carboxylic acids is 1. The molecule has 0 amide bonds. The first-order valence-electron chi connectivity index (χ1n) is 10.2. The van der Waals surface area contributed by atoms with Crippen LogP contribution in [-0.4, -0.2) is 46.2 Å². The third-order valence-electron chi connectivity index (χ3n) is 5.38. The number of carboxylic acids is 1. The van der Waals surface area contributed by atoms with Crippen LogP contribution in [0.2, 0.25) is 0 Å². The maximum Gasteiger partial charge on any atom is 0.523 e. The quantitative estimate of drug-likeness (QED) is 0.528. The smallest absolute Gasteiger partial charge is 0.481 e. The van der Waals surface area contributed by atoms with Gasteiger partial charge in [0.1, 0.15) is 11.4 Å². The molecule has 0 fully saturated rings. The lowest BCUT2D eigenvalue weighted by Crippen LogP contribution is -2.40. The predicted molar refractivity (Wildman–Crippen MR) is 118 cm³/mol. The van der Waals surface area contributed by atoms with Crippen LogP contribution in [0.1, 0.15) is 12.0 Å². The highest BCUT2D eigenvalue weighted by atomic mass is 32.2. The zero-order valence-corrected chi connectivity index (χ0v) is 18.3. The number of aryl methyl sites for hydroxylation is 1. The Bertz CT molecular complexity index is 1380. The molecule has 2 heterocycles. The van der Waals surface area contributed by atoms with E-state index >= 15 is 0 Å². The summed E-state index contributed by atoms with van der Waals surface area (Å²) in [5, 5.41) is 7.96. The molecule has 1 aliphatic rings. The summed E-state index contributed by atoms with van der Waals surface area (Å²) < 4.78 is 70.7. The molecule has 11 heteroatoms. The molecule has 0 radical (unpaired) electrons. The summed E-state index contributed by atoms with van der Waals surface area (Å²) in [6.07, 6.45) is 2.29. The molecule has 1 aliphatic carbocycles. The first kappa shape index (κ1) is 23.7. The molecule has 0 spiro atoms. The van der Waals surface area contributed by atoms with Gasteiger partial charge in [0, 0.05) is 36.0 Å². The van der Waals surface area contributed by atoms with Crippen LogP contribution in [0.3, 0.4) is 0 Å². The van der Waals surface area contributed by atoms with Crippen molar-refractivity contribution in [2.45, 2.75) is 30.6 Å². The van der Waals surface area contributed by atoms with E-state index in [1.807, 2.05) is 6.07 Å². The number of hydrogen-bond acceptors (Lipinski definition) is 5. The van der Waals surface area contributed by atoms with E-state index in [1.54, 1.807) is 36.7 Å². The van der Waals surface area contributed by atoms with Gasteiger partial charge in [-0.2, -0.15) is 0 Å². The van der Waals surface area contributed by atoms with Crippen molar-refractivity contribution in [2.24, 2.45) is 0 Å². The molecule has 0 saturated carbocycles. The van der Waals surface area contributed by atoms with Gasteiger partial charge in [0.2, 0.25) is 10.0 Å². The first-order chi connectivity index (χ1) is 16.1. The molecule has 0 aliphatic heterocycles. The Labute approximate surface area is 192 Å². The van der Waals surface area contributed by atoms with Crippen molar-refractivity contribution in [3.05, 3.63) is 78.8 Å². The van der Waals surface area contributed by atoms with Gasteiger partial charge in [0.15, 0.2) is 0 Å². The SMILES string of the molecule is O=C(O)CCc1cn(S(=O)(=O)C2C=CC=CC2OC(F)(F)F)c2ccc(-c3cccnc3)cc12. The van der Waals surface area contributed by atoms with Gasteiger partial charge in [-0.25, -0.2) is 12.4 Å². The number of rotatable bonds is 7. The highest BCUT2D eigenvalue weighted by Crippen LogP contribution is 2.33. The Morgan fingerprint density at radius 3 is 2.59 bits per heavy atom. The minimum Gasteiger partial charge on any atom is -0.481 e. The normalized spacial score (nSPS) is 18.4. The minimum atomic E-state index is -5.03. The van der Waals surface area contributed by atoms with Crippen molar-refractivity contribution in [3.8, 4) is 11.1 Å². The number of benzene rings is 1. The average Bonchev–Trinajstić information content (AvgIpc) is 3.16. The van der Waals surface area contributed by atoms with Crippen LogP contribution in [-0.2, 0) is 26.0 Å². The number of hydrogen-bond donors (Lipinski definition) is 1. The molecule has 1 aromatic carbocycles. The van der Waals surface area contributed by atoms with Gasteiger partial charge in [-0.15, -0.1) is 13.2 Å². The van der Waals surface area contributed by atoms with Crippen molar-refractivity contribution in [2.75, 3.05) is 0 Å². The summed E-state index contributed by atoms with van der Waals surface area (Å²) in [5.41, 5.74) is 2.16. The zero-order valence-electron chi connectivity index (χ0n) is 17.5. The lowest BCUT2D eigenvalue weighted by molar-refractivity contribution is -0.335. The average molecular weight is 492 g/mol. The third-order valence-corrected chi connectivity index (χ3v) is 7.34. The lowest BCUT2D eigenvalue weighted by atomic mass is 10.0. The molecular formula is C23H19F3N2O5S. The monoisotopic (exact) mass is 492 g/mol. The minimum absolute atomic E-state index is 0.0355. The largest absolute Gasteiger partial charge is 0.523 e. The van der Waals surface area contributed by atoms with E-state index < -0.39 is 33.7 Å². The van der Waals surface area contributed by atoms with E-state index in [0.717, 1.165) is 27.3 Å². The summed E-state index contributed by atoms with van der Waals surface area (Å²) in [5.74, 6) is -1.06. The molecule has 2 aromatic heterocycles. The summed E-state index contributed by atoms with van der Waals surface area (Å²) in [6.45, 7) is 0. The number of alkyl halides is 3. The van der Waals surface area contributed by atoms with Crippen LogP contribution in [0.4, 0.5) is 13.2 Å². The number of aromatic nitrogens is 2. The molecular weight excluding hydrogens is 473 g/mol. The highest BCUT2D eigenvalue weighted by molar-refractivity contribution is 7.91. The van der Waals surface area contributed by atoms with Crippen LogP contribution in [0.25, 0.3) is 22.0 Å². The van der Waals surface area contributed by atoms with Crippen molar-refractivity contribution in [1.29, 1.82) is 0 Å². The van der Waals surface area contributed by atoms with Crippen LogP contribution < -0.4 is 0 Å². The lowest BCUT2D eigenvalue weighted by Gasteiger charge is -2.25. The second kappa shape index (κ2) is 9.07. The van der Waals surface area contributed by atoms with Crippen molar-refractivity contribution in [3.63, 3.8) is 0 Å². The first-order valence-corrected chi connectivity index (χ1v) is 11.7. The van der Waals surface area contributed by atoms with Crippen LogP contribution in [0.15, 0.2) is 73.2 Å². The van der Waals surface area contributed by atoms with E-state index in [1.165, 1.54) is 18.3 Å². The van der Waals surface area contributed by atoms with Crippen molar-refractivity contribution >= 4 is 26.9 Å². The molecule has 2 unspecified atom stereocenters. The Kier molecular flexibility index (Phi) is 6.32. The van der Waals surface area contributed by atoms with Gasteiger partial charge < -0.3 is 5.11 Å². The number of allylic oxidation sites excluding steroid dienone is 2. The van der Waals surface area contributed by atoms with Crippen molar-refractivity contribution in [1.82, 2.24) is 8.96 Å². The van der Waals surface area contributed by atoms with Gasteiger partial charge in [-0.3, -0.25) is 14.5 Å². The molecule has 3 aromatic rings. The highest BCUT2D eigenvalue weighted by Gasteiger charge is 2.41. The summed E-state index contributed by atoms with van der Waals surface area (Å²) in [6, 6.07) is 8.49. The molecule has 2 atom stereocenters. The number of pyridine rings is 1. The maximum absolute atomic E-state index is 13.5. The molecule has 0 saturated heterocycles. The summed E-state index contributed by atoms with van der Waals surface area (Å²) in [7, 11) is -4.41. The molecule has 1 N–H and O–H groups in total. The standard InChI is InChI=1S/C23H19F3N2O5S/c24-23(25,26)33-20-5-1-2-6-21(20)34(31,32)28-14-17(8-10-22(29)30)18-12-15(7-9-19(18)28)16-4-3-11-27-13-16/h1-7,9,11-14,20-21H,8,10H2,(H,29,30). The Hall–Kier alpha value is -3.44. The van der Waals surface area contributed by atoms with Gasteiger partial charge in [0.05, 0.1) is 5.52 Å². The van der Waals surface area contributed by atoms with Crippen molar-refractivity contribution < 1.29 is 36.2 Å². The molecule has 34 heavy (non-hydrogen) atoms. The summed E-state index contributed by atoms with van der Waals surface area (Å²) >= 11 is 0. The topological polar surface area (TPSA) is 98.5 Å². The molecule has 4 rings (SSSR count). The van der Waals surface area contributed by atoms with Gasteiger partial charge in [-0.05, 0) is 35.7 Å². The van der Waals surface area contributed by atoms with E-state index in [0.29, 0.717) is 10.9 Å². The fourth-order valence-corrected chi connectivity index (χ4v) is 5.60.